The molecule has 6 heteroatoms. The molecule has 21 heavy (non-hydrogen) atoms. The van der Waals surface area contributed by atoms with Crippen LogP contribution in [0.25, 0.3) is 0 Å². The average Bonchev–Trinajstić information content (AvgIpc) is 3.13. The van der Waals surface area contributed by atoms with E-state index in [1.54, 1.807) is 4.80 Å². The van der Waals surface area contributed by atoms with Crippen molar-refractivity contribution >= 4 is 5.91 Å². The number of nitrogens with one attached hydrogen (secondary N) is 1. The Morgan fingerprint density at radius 2 is 2.14 bits per heavy atom. The van der Waals surface area contributed by atoms with Crippen molar-refractivity contribution in [3.05, 3.63) is 5.82 Å². The van der Waals surface area contributed by atoms with Gasteiger partial charge in [-0.2, -0.15) is 4.80 Å². The predicted molar refractivity (Wildman–Crippen MR) is 78.4 cm³/mol. The second kappa shape index (κ2) is 5.73. The first-order chi connectivity index (χ1) is 10.0. The van der Waals surface area contributed by atoms with Crippen LogP contribution in [0.2, 0.25) is 0 Å². The summed E-state index contributed by atoms with van der Waals surface area (Å²) >= 11 is 0. The molecule has 116 valence electrons. The molecule has 0 unspecified atom stereocenters. The van der Waals surface area contributed by atoms with Crippen molar-refractivity contribution in [3.63, 3.8) is 0 Å². The lowest BCUT2D eigenvalue weighted by Crippen LogP contribution is -2.40. The quantitative estimate of drug-likeness (QED) is 0.897. The molecule has 2 bridgehead atoms. The number of nitrogens with zero attached hydrogens (tertiary/aromatic N) is 4. The van der Waals surface area contributed by atoms with E-state index in [-0.39, 0.29) is 24.4 Å². The zero-order valence-electron chi connectivity index (χ0n) is 13.1. The van der Waals surface area contributed by atoms with Crippen LogP contribution in [0.15, 0.2) is 0 Å². The van der Waals surface area contributed by atoms with Crippen LogP contribution in [0.3, 0.4) is 0 Å². The molecule has 0 saturated heterocycles. The Hall–Kier alpha value is -1.46. The van der Waals surface area contributed by atoms with E-state index < -0.39 is 0 Å². The van der Waals surface area contributed by atoms with E-state index in [2.05, 4.69) is 27.7 Å². The minimum atomic E-state index is 0.00794. The van der Waals surface area contributed by atoms with Gasteiger partial charge in [0.2, 0.25) is 5.91 Å². The molecule has 3 rings (SSSR count). The molecular weight excluding hydrogens is 266 g/mol. The molecule has 0 aliphatic heterocycles. The van der Waals surface area contributed by atoms with Crippen molar-refractivity contribution in [2.45, 2.75) is 65.0 Å². The van der Waals surface area contributed by atoms with Gasteiger partial charge in [-0.3, -0.25) is 4.79 Å². The van der Waals surface area contributed by atoms with E-state index in [0.29, 0.717) is 11.7 Å². The zero-order chi connectivity index (χ0) is 15.0. The lowest BCUT2D eigenvalue weighted by Gasteiger charge is -2.28. The largest absolute Gasteiger partial charge is 0.353 e. The van der Waals surface area contributed by atoms with Crippen LogP contribution < -0.4 is 5.32 Å². The highest BCUT2D eigenvalue weighted by atomic mass is 16.1. The second-order valence-electron chi connectivity index (χ2n) is 6.99. The molecule has 1 amide bonds. The van der Waals surface area contributed by atoms with Crippen molar-refractivity contribution in [2.75, 3.05) is 0 Å². The minimum absolute atomic E-state index is 0.00794. The van der Waals surface area contributed by atoms with Gasteiger partial charge in [0, 0.05) is 6.04 Å². The van der Waals surface area contributed by atoms with Crippen LogP contribution in [0, 0.1) is 17.8 Å². The Morgan fingerprint density at radius 1 is 1.33 bits per heavy atom. The summed E-state index contributed by atoms with van der Waals surface area (Å²) in [6, 6.07) is 0.426. The number of carbonyl (C=O) groups is 1. The Labute approximate surface area is 125 Å². The number of amides is 1. The van der Waals surface area contributed by atoms with Crippen LogP contribution in [0.5, 0.6) is 0 Å². The fourth-order valence-corrected chi connectivity index (χ4v) is 4.01. The van der Waals surface area contributed by atoms with Crippen LogP contribution in [0.1, 0.15) is 58.3 Å². The number of hydrogen-bond donors (Lipinski definition) is 1. The smallest absolute Gasteiger partial charge is 0.228 e. The summed E-state index contributed by atoms with van der Waals surface area (Å²) in [5, 5.41) is 15.3. The number of carbonyl (C=O) groups excluding carboxylic acids is 1. The summed E-state index contributed by atoms with van der Waals surface area (Å²) in [5.41, 5.74) is 0. The molecule has 2 aliphatic rings. The summed E-state index contributed by atoms with van der Waals surface area (Å²) in [6.07, 6.45) is 5.62. The van der Waals surface area contributed by atoms with Gasteiger partial charge in [0.05, 0.1) is 12.5 Å². The first-order valence-corrected chi connectivity index (χ1v) is 8.10. The maximum Gasteiger partial charge on any atom is 0.228 e. The first kappa shape index (κ1) is 14.5. The molecule has 4 atom stereocenters. The van der Waals surface area contributed by atoms with Gasteiger partial charge in [0.1, 0.15) is 0 Å². The SMILES string of the molecule is CC(C)n1nnc(CC(=O)N[C@H](C)[C@@H]2C[C@@H]3CC[C@@H]2C3)n1. The normalized spacial score (nSPS) is 29.0. The van der Waals surface area contributed by atoms with Crippen molar-refractivity contribution in [3.8, 4) is 0 Å². The van der Waals surface area contributed by atoms with Gasteiger partial charge in [-0.05, 0) is 63.0 Å². The van der Waals surface area contributed by atoms with Gasteiger partial charge in [-0.1, -0.05) is 6.42 Å². The molecule has 2 saturated carbocycles. The van der Waals surface area contributed by atoms with E-state index in [9.17, 15) is 4.79 Å². The molecular formula is C15H25N5O. The molecule has 1 N–H and O–H groups in total. The molecule has 6 nitrogen and oxygen atoms in total. The molecule has 0 aromatic carbocycles. The van der Waals surface area contributed by atoms with Gasteiger partial charge < -0.3 is 5.32 Å². The summed E-state index contributed by atoms with van der Waals surface area (Å²) in [5.74, 6) is 2.90. The summed E-state index contributed by atoms with van der Waals surface area (Å²) < 4.78 is 0. The van der Waals surface area contributed by atoms with E-state index in [1.807, 2.05) is 13.8 Å². The second-order valence-corrected chi connectivity index (χ2v) is 6.99. The van der Waals surface area contributed by atoms with Gasteiger partial charge in [-0.15, -0.1) is 10.2 Å². The molecule has 2 aliphatic carbocycles. The number of fused-ring (bicyclic) bond motifs is 2. The topological polar surface area (TPSA) is 72.7 Å². The van der Waals surface area contributed by atoms with Crippen LogP contribution >= 0.6 is 0 Å². The third-order valence-electron chi connectivity index (χ3n) is 5.07. The Balaban J connectivity index is 1.51. The molecule has 1 aromatic heterocycles. The zero-order valence-corrected chi connectivity index (χ0v) is 13.1. The minimum Gasteiger partial charge on any atom is -0.353 e. The third-order valence-corrected chi connectivity index (χ3v) is 5.07. The monoisotopic (exact) mass is 291 g/mol. The standard InChI is InChI=1S/C15H25N5O/c1-9(2)20-18-14(17-19-20)8-15(21)16-10(3)13-7-11-4-5-12(13)6-11/h9-13H,4-8H2,1-3H3,(H,16,21)/t10-,11-,12-,13+/m1/s1. The third kappa shape index (κ3) is 3.09. The number of hydrogen-bond acceptors (Lipinski definition) is 4. The number of tetrazole rings is 1. The number of aromatic nitrogens is 4. The van der Waals surface area contributed by atoms with Crippen LogP contribution in [-0.2, 0) is 11.2 Å². The Kier molecular flexibility index (Phi) is 3.95. The van der Waals surface area contributed by atoms with E-state index in [1.165, 1.54) is 25.7 Å². The maximum absolute atomic E-state index is 12.1. The van der Waals surface area contributed by atoms with Crippen molar-refractivity contribution < 1.29 is 4.79 Å². The van der Waals surface area contributed by atoms with Crippen molar-refractivity contribution in [1.29, 1.82) is 0 Å². The Morgan fingerprint density at radius 3 is 2.71 bits per heavy atom. The van der Waals surface area contributed by atoms with E-state index in [0.717, 1.165) is 11.8 Å². The lowest BCUT2D eigenvalue weighted by molar-refractivity contribution is -0.121. The molecule has 1 heterocycles. The van der Waals surface area contributed by atoms with E-state index in [4.69, 9.17) is 0 Å². The van der Waals surface area contributed by atoms with Crippen molar-refractivity contribution in [1.82, 2.24) is 25.5 Å². The first-order valence-electron chi connectivity index (χ1n) is 8.10. The lowest BCUT2D eigenvalue weighted by atomic mass is 9.84. The molecule has 1 aromatic rings. The summed E-state index contributed by atoms with van der Waals surface area (Å²) in [7, 11) is 0. The van der Waals surface area contributed by atoms with Gasteiger partial charge in [0.15, 0.2) is 5.82 Å². The van der Waals surface area contributed by atoms with E-state index >= 15 is 0 Å². The highest BCUT2D eigenvalue weighted by molar-refractivity contribution is 5.77. The summed E-state index contributed by atoms with van der Waals surface area (Å²) in [6.45, 7) is 6.12. The molecule has 2 fully saturated rings. The van der Waals surface area contributed by atoms with Gasteiger partial charge >= 0.3 is 0 Å². The predicted octanol–water partition coefficient (Wildman–Crippen LogP) is 1.74. The Bertz CT molecular complexity index is 512. The fourth-order valence-electron chi connectivity index (χ4n) is 4.01. The molecule has 0 radical (unpaired) electrons. The highest BCUT2D eigenvalue weighted by Crippen LogP contribution is 2.49. The maximum atomic E-state index is 12.1. The average molecular weight is 291 g/mol. The molecule has 0 spiro atoms. The highest BCUT2D eigenvalue weighted by Gasteiger charge is 2.42. The number of rotatable bonds is 5. The van der Waals surface area contributed by atoms with Crippen LogP contribution in [0.4, 0.5) is 0 Å². The van der Waals surface area contributed by atoms with Crippen LogP contribution in [-0.4, -0.2) is 32.2 Å². The fraction of sp³-hybridized carbons (Fsp3) is 0.867. The van der Waals surface area contributed by atoms with Crippen molar-refractivity contribution in [2.24, 2.45) is 17.8 Å². The van der Waals surface area contributed by atoms with Gasteiger partial charge in [-0.25, -0.2) is 0 Å². The van der Waals surface area contributed by atoms with Gasteiger partial charge in [0.25, 0.3) is 0 Å². The summed E-state index contributed by atoms with van der Waals surface area (Å²) in [4.78, 5) is 13.7.